The van der Waals surface area contributed by atoms with Gasteiger partial charge in [-0.15, -0.1) is 0 Å². The minimum absolute atomic E-state index is 0.0416. The molecule has 3 aromatic carbocycles. The SMILES string of the molecule is O=C(CCCC(=O)OCC(=O)Nc1ccccc1)Nc1ccc(Oc2ccc(Cl)cc2)cc1. The Morgan fingerprint density at radius 1 is 0.697 bits per heavy atom. The van der Waals surface area contributed by atoms with E-state index in [1.807, 2.05) is 6.07 Å². The van der Waals surface area contributed by atoms with Gasteiger partial charge in [0, 0.05) is 29.2 Å². The van der Waals surface area contributed by atoms with E-state index in [4.69, 9.17) is 21.1 Å². The van der Waals surface area contributed by atoms with Gasteiger partial charge in [-0.2, -0.15) is 0 Å². The van der Waals surface area contributed by atoms with Crippen molar-refractivity contribution in [2.45, 2.75) is 19.3 Å². The Kier molecular flexibility index (Phi) is 8.85. The molecule has 0 aromatic heterocycles. The maximum Gasteiger partial charge on any atom is 0.306 e. The van der Waals surface area contributed by atoms with Crippen molar-refractivity contribution in [3.63, 3.8) is 0 Å². The lowest BCUT2D eigenvalue weighted by atomic mass is 10.2. The van der Waals surface area contributed by atoms with Crippen LogP contribution in [0.4, 0.5) is 11.4 Å². The molecule has 0 aliphatic rings. The number of amides is 2. The number of carbonyl (C=O) groups is 3. The second kappa shape index (κ2) is 12.3. The van der Waals surface area contributed by atoms with E-state index in [0.717, 1.165) is 0 Å². The van der Waals surface area contributed by atoms with Gasteiger partial charge >= 0.3 is 5.97 Å². The van der Waals surface area contributed by atoms with Gasteiger partial charge in [0.05, 0.1) is 0 Å². The second-order valence-electron chi connectivity index (χ2n) is 7.06. The third-order valence-corrected chi connectivity index (χ3v) is 4.65. The summed E-state index contributed by atoms with van der Waals surface area (Å²) in [6.45, 7) is -0.371. The fraction of sp³-hybridized carbons (Fsp3) is 0.160. The quantitative estimate of drug-likeness (QED) is 0.389. The van der Waals surface area contributed by atoms with E-state index in [1.165, 1.54) is 0 Å². The topological polar surface area (TPSA) is 93.7 Å². The highest BCUT2D eigenvalue weighted by Crippen LogP contribution is 2.24. The molecule has 0 atom stereocenters. The van der Waals surface area contributed by atoms with Crippen LogP contribution in [0.2, 0.25) is 5.02 Å². The summed E-state index contributed by atoms with van der Waals surface area (Å²) in [5.74, 6) is 0.0940. The molecule has 170 valence electrons. The van der Waals surface area contributed by atoms with Crippen molar-refractivity contribution < 1.29 is 23.9 Å². The third-order valence-electron chi connectivity index (χ3n) is 4.39. The molecule has 2 N–H and O–H groups in total. The molecule has 0 heterocycles. The predicted molar refractivity (Wildman–Crippen MR) is 126 cm³/mol. The molecule has 0 saturated heterocycles. The van der Waals surface area contributed by atoms with E-state index in [0.29, 0.717) is 34.3 Å². The summed E-state index contributed by atoms with van der Waals surface area (Å²) >= 11 is 5.86. The number of esters is 1. The zero-order valence-corrected chi connectivity index (χ0v) is 18.5. The van der Waals surface area contributed by atoms with Crippen LogP contribution in [0, 0.1) is 0 Å². The van der Waals surface area contributed by atoms with E-state index >= 15 is 0 Å². The third kappa shape index (κ3) is 8.66. The number of para-hydroxylation sites is 1. The van der Waals surface area contributed by atoms with Crippen LogP contribution in [0.5, 0.6) is 11.5 Å². The number of nitrogens with one attached hydrogen (secondary N) is 2. The van der Waals surface area contributed by atoms with Crippen molar-refractivity contribution in [2.24, 2.45) is 0 Å². The summed E-state index contributed by atoms with van der Waals surface area (Å²) in [6, 6.07) is 22.8. The van der Waals surface area contributed by atoms with Gasteiger partial charge in [0.2, 0.25) is 5.91 Å². The predicted octanol–water partition coefficient (Wildman–Crippen LogP) is 5.42. The first-order chi connectivity index (χ1) is 16.0. The minimum Gasteiger partial charge on any atom is -0.457 e. The Morgan fingerprint density at radius 3 is 1.94 bits per heavy atom. The zero-order valence-electron chi connectivity index (χ0n) is 17.8. The molecular formula is C25H23ClN2O5. The van der Waals surface area contributed by atoms with Crippen LogP contribution in [-0.2, 0) is 19.1 Å². The highest BCUT2D eigenvalue weighted by Gasteiger charge is 2.10. The van der Waals surface area contributed by atoms with Crippen molar-refractivity contribution in [1.29, 1.82) is 0 Å². The van der Waals surface area contributed by atoms with Gasteiger partial charge in [-0.25, -0.2) is 0 Å². The number of benzene rings is 3. The molecule has 0 bridgehead atoms. The molecule has 8 heteroatoms. The minimum atomic E-state index is -0.533. The van der Waals surface area contributed by atoms with Crippen molar-refractivity contribution in [2.75, 3.05) is 17.2 Å². The largest absolute Gasteiger partial charge is 0.457 e. The summed E-state index contributed by atoms with van der Waals surface area (Å²) in [6.07, 6.45) is 0.497. The molecule has 0 aliphatic carbocycles. The van der Waals surface area contributed by atoms with Gasteiger partial charge in [-0.3, -0.25) is 14.4 Å². The van der Waals surface area contributed by atoms with Crippen molar-refractivity contribution in [3.8, 4) is 11.5 Å². The summed E-state index contributed by atoms with van der Waals surface area (Å²) < 4.78 is 10.6. The van der Waals surface area contributed by atoms with Crippen molar-refractivity contribution >= 4 is 40.8 Å². The summed E-state index contributed by atoms with van der Waals surface area (Å²) in [7, 11) is 0. The van der Waals surface area contributed by atoms with E-state index in [2.05, 4.69) is 10.6 Å². The van der Waals surface area contributed by atoms with Crippen LogP contribution in [0.3, 0.4) is 0 Å². The molecule has 0 unspecified atom stereocenters. The number of halogens is 1. The molecule has 3 rings (SSSR count). The Balaban J connectivity index is 1.32. The first-order valence-corrected chi connectivity index (χ1v) is 10.7. The molecule has 0 radical (unpaired) electrons. The summed E-state index contributed by atoms with van der Waals surface area (Å²) in [5, 5.41) is 6.01. The van der Waals surface area contributed by atoms with Crippen LogP contribution in [0.1, 0.15) is 19.3 Å². The van der Waals surface area contributed by atoms with Crippen LogP contribution in [-0.4, -0.2) is 24.4 Å². The molecular weight excluding hydrogens is 444 g/mol. The van der Waals surface area contributed by atoms with Gasteiger partial charge in [0.15, 0.2) is 6.61 Å². The van der Waals surface area contributed by atoms with E-state index < -0.39 is 11.9 Å². The number of hydrogen-bond donors (Lipinski definition) is 2. The van der Waals surface area contributed by atoms with Gasteiger partial charge in [-0.1, -0.05) is 29.8 Å². The monoisotopic (exact) mass is 466 g/mol. The molecule has 7 nitrogen and oxygen atoms in total. The lowest BCUT2D eigenvalue weighted by Crippen LogP contribution is -2.21. The molecule has 33 heavy (non-hydrogen) atoms. The van der Waals surface area contributed by atoms with Crippen LogP contribution >= 0.6 is 11.6 Å². The summed E-state index contributed by atoms with van der Waals surface area (Å²) in [5.41, 5.74) is 1.24. The number of ether oxygens (including phenoxy) is 2. The fourth-order valence-corrected chi connectivity index (χ4v) is 2.92. The first kappa shape index (κ1) is 23.8. The van der Waals surface area contributed by atoms with Gasteiger partial charge < -0.3 is 20.1 Å². The average molecular weight is 467 g/mol. The molecule has 0 saturated carbocycles. The molecule has 2 amide bonds. The standard InChI is InChI=1S/C25H23ClN2O5/c26-18-9-13-21(14-10-18)33-22-15-11-20(12-16-22)27-23(29)7-4-8-25(31)32-17-24(30)28-19-5-2-1-3-6-19/h1-3,5-6,9-16H,4,7-8,17H2,(H,27,29)(H,28,30). The average Bonchev–Trinajstić information content (AvgIpc) is 2.81. The highest BCUT2D eigenvalue weighted by atomic mass is 35.5. The number of carbonyl (C=O) groups excluding carboxylic acids is 3. The molecule has 0 fully saturated rings. The molecule has 0 spiro atoms. The van der Waals surface area contributed by atoms with Crippen molar-refractivity contribution in [3.05, 3.63) is 83.9 Å². The highest BCUT2D eigenvalue weighted by molar-refractivity contribution is 6.30. The zero-order chi connectivity index (χ0) is 23.5. The van der Waals surface area contributed by atoms with E-state index in [1.54, 1.807) is 72.8 Å². The fourth-order valence-electron chi connectivity index (χ4n) is 2.80. The van der Waals surface area contributed by atoms with Gasteiger partial charge in [-0.05, 0) is 67.1 Å². The Hall–Kier alpha value is -3.84. The lowest BCUT2D eigenvalue weighted by molar-refractivity contribution is -0.147. The van der Waals surface area contributed by atoms with E-state index in [-0.39, 0.29) is 25.4 Å². The maximum absolute atomic E-state index is 12.1. The van der Waals surface area contributed by atoms with Crippen LogP contribution in [0.15, 0.2) is 78.9 Å². The second-order valence-corrected chi connectivity index (χ2v) is 7.49. The maximum atomic E-state index is 12.1. The number of hydrogen-bond acceptors (Lipinski definition) is 5. The smallest absolute Gasteiger partial charge is 0.306 e. The van der Waals surface area contributed by atoms with Crippen LogP contribution < -0.4 is 15.4 Å². The normalized spacial score (nSPS) is 10.2. The number of rotatable bonds is 10. The lowest BCUT2D eigenvalue weighted by Gasteiger charge is -2.08. The Bertz CT molecular complexity index is 1070. The first-order valence-electron chi connectivity index (χ1n) is 10.3. The van der Waals surface area contributed by atoms with Crippen LogP contribution in [0.25, 0.3) is 0 Å². The van der Waals surface area contributed by atoms with Gasteiger partial charge in [0.1, 0.15) is 11.5 Å². The Morgan fingerprint density at radius 2 is 1.27 bits per heavy atom. The molecule has 3 aromatic rings. The van der Waals surface area contributed by atoms with E-state index in [9.17, 15) is 14.4 Å². The molecule has 0 aliphatic heterocycles. The van der Waals surface area contributed by atoms with Crippen molar-refractivity contribution in [1.82, 2.24) is 0 Å². The summed E-state index contributed by atoms with van der Waals surface area (Å²) in [4.78, 5) is 35.7. The van der Waals surface area contributed by atoms with Gasteiger partial charge in [0.25, 0.3) is 5.91 Å². The Labute approximate surface area is 196 Å². The number of anilines is 2.